The second-order valence-corrected chi connectivity index (χ2v) is 16.8. The summed E-state index contributed by atoms with van der Waals surface area (Å²) in [5.74, 6) is 0. The summed E-state index contributed by atoms with van der Waals surface area (Å²) in [6, 6.07) is 88.4. The standard InChI is InChI=1S/C61H40N2O/c1-4-16-41(17-5-1)42-28-30-45(31-29-42)62(48-36-37-50-49-22-10-13-25-55(49)61(56(50)38-48,43-18-6-2-7-19-43)44-20-8-3-9-21-44)46-32-34-47(35-33-46)63-57-26-14-11-23-51(57)53-40-60-54(39-58(53)63)52-24-12-15-27-59(52)64-60/h1-40H. The highest BCUT2D eigenvalue weighted by atomic mass is 16.3. The quantitative estimate of drug-likeness (QED) is 0.160. The van der Waals surface area contributed by atoms with Crippen molar-refractivity contribution in [2.75, 3.05) is 4.90 Å². The van der Waals surface area contributed by atoms with Crippen LogP contribution in [-0.2, 0) is 5.41 Å². The molecule has 2 aromatic heterocycles. The molecule has 13 rings (SSSR count). The number of aromatic nitrogens is 1. The molecule has 1 aliphatic carbocycles. The van der Waals surface area contributed by atoms with E-state index in [2.05, 4.69) is 246 Å². The van der Waals surface area contributed by atoms with Crippen LogP contribution in [0, 0.1) is 0 Å². The zero-order valence-corrected chi connectivity index (χ0v) is 34.9. The van der Waals surface area contributed by atoms with E-state index in [4.69, 9.17) is 4.42 Å². The number of anilines is 3. The molecule has 0 fully saturated rings. The van der Waals surface area contributed by atoms with Crippen molar-refractivity contribution in [2.45, 2.75) is 5.41 Å². The Bertz CT molecular complexity index is 3660. The van der Waals surface area contributed by atoms with Crippen molar-refractivity contribution in [1.82, 2.24) is 4.57 Å². The van der Waals surface area contributed by atoms with Crippen molar-refractivity contribution >= 4 is 60.8 Å². The molecule has 1 aliphatic rings. The molecule has 0 amide bonds. The molecule has 12 aromatic rings. The van der Waals surface area contributed by atoms with Crippen LogP contribution >= 0.6 is 0 Å². The van der Waals surface area contributed by atoms with Gasteiger partial charge in [-0.2, -0.15) is 0 Å². The van der Waals surface area contributed by atoms with Gasteiger partial charge in [-0.15, -0.1) is 0 Å². The molecule has 0 unspecified atom stereocenters. The van der Waals surface area contributed by atoms with Crippen molar-refractivity contribution in [1.29, 1.82) is 0 Å². The fourth-order valence-corrected chi connectivity index (χ4v) is 10.7. The molecule has 0 radical (unpaired) electrons. The van der Waals surface area contributed by atoms with E-state index in [1.54, 1.807) is 0 Å². The maximum Gasteiger partial charge on any atom is 0.136 e. The van der Waals surface area contributed by atoms with Crippen molar-refractivity contribution in [3.05, 3.63) is 265 Å². The second-order valence-electron chi connectivity index (χ2n) is 16.8. The first-order valence-electron chi connectivity index (χ1n) is 22.0. The van der Waals surface area contributed by atoms with Crippen molar-refractivity contribution in [3.63, 3.8) is 0 Å². The molecule has 0 N–H and O–H groups in total. The van der Waals surface area contributed by atoms with Crippen LogP contribution < -0.4 is 4.90 Å². The van der Waals surface area contributed by atoms with Gasteiger partial charge in [0.05, 0.1) is 16.4 Å². The smallest absolute Gasteiger partial charge is 0.136 e. The van der Waals surface area contributed by atoms with Gasteiger partial charge in [0.2, 0.25) is 0 Å². The molecular weight excluding hydrogens is 777 g/mol. The van der Waals surface area contributed by atoms with E-state index < -0.39 is 5.41 Å². The molecule has 3 nitrogen and oxygen atoms in total. The van der Waals surface area contributed by atoms with Gasteiger partial charge in [-0.1, -0.05) is 170 Å². The van der Waals surface area contributed by atoms with Gasteiger partial charge in [0.25, 0.3) is 0 Å². The van der Waals surface area contributed by atoms with Crippen LogP contribution in [0.4, 0.5) is 17.1 Å². The summed E-state index contributed by atoms with van der Waals surface area (Å²) in [6.45, 7) is 0. The first kappa shape index (κ1) is 36.3. The van der Waals surface area contributed by atoms with Crippen molar-refractivity contribution in [2.24, 2.45) is 0 Å². The average Bonchev–Trinajstić information content (AvgIpc) is 4.00. The predicted molar refractivity (Wildman–Crippen MR) is 265 cm³/mol. The molecule has 0 saturated carbocycles. The Kier molecular flexibility index (Phi) is 8.13. The molecule has 0 aliphatic heterocycles. The maximum absolute atomic E-state index is 6.38. The first-order chi connectivity index (χ1) is 31.7. The summed E-state index contributed by atoms with van der Waals surface area (Å²) < 4.78 is 8.78. The van der Waals surface area contributed by atoms with Crippen LogP contribution in [0.5, 0.6) is 0 Å². The Morgan fingerprint density at radius 2 is 0.906 bits per heavy atom. The maximum atomic E-state index is 6.38. The molecule has 64 heavy (non-hydrogen) atoms. The summed E-state index contributed by atoms with van der Waals surface area (Å²) >= 11 is 0. The SMILES string of the molecule is c1ccc(-c2ccc(N(c3ccc(-n4c5ccccc5c5cc6oc7ccccc7c6cc54)cc3)c3ccc4c(c3)C(c3ccccc3)(c3ccccc3)c3ccccc3-4)cc2)cc1. The first-order valence-corrected chi connectivity index (χ1v) is 22.0. The Hall–Kier alpha value is -8.40. The summed E-state index contributed by atoms with van der Waals surface area (Å²) in [7, 11) is 0. The largest absolute Gasteiger partial charge is 0.456 e. The highest BCUT2D eigenvalue weighted by molar-refractivity contribution is 6.17. The van der Waals surface area contributed by atoms with Crippen LogP contribution in [0.1, 0.15) is 22.3 Å². The number of para-hydroxylation sites is 2. The summed E-state index contributed by atoms with van der Waals surface area (Å²) in [5, 5.41) is 4.62. The molecule has 10 aromatic carbocycles. The number of hydrogen-bond donors (Lipinski definition) is 0. The van der Waals surface area contributed by atoms with Crippen LogP contribution in [0.3, 0.4) is 0 Å². The number of furan rings is 1. The third-order valence-corrected chi connectivity index (χ3v) is 13.5. The fourth-order valence-electron chi connectivity index (χ4n) is 10.7. The molecule has 300 valence electrons. The minimum atomic E-state index is -0.514. The summed E-state index contributed by atoms with van der Waals surface area (Å²) in [5.41, 5.74) is 17.9. The average molecular weight is 817 g/mol. The van der Waals surface area contributed by atoms with E-state index in [9.17, 15) is 0 Å². The zero-order chi connectivity index (χ0) is 42.2. The Morgan fingerprint density at radius 1 is 0.344 bits per heavy atom. The number of benzene rings is 10. The highest BCUT2D eigenvalue weighted by Crippen LogP contribution is 2.57. The van der Waals surface area contributed by atoms with E-state index in [1.165, 1.54) is 55.3 Å². The topological polar surface area (TPSA) is 21.3 Å². The predicted octanol–water partition coefficient (Wildman–Crippen LogP) is 16.2. The van der Waals surface area contributed by atoms with E-state index >= 15 is 0 Å². The minimum Gasteiger partial charge on any atom is -0.456 e. The Balaban J connectivity index is 1.01. The number of fused-ring (bicyclic) bond motifs is 9. The number of hydrogen-bond acceptors (Lipinski definition) is 2. The fraction of sp³-hybridized carbons (Fsp3) is 0.0164. The monoisotopic (exact) mass is 816 g/mol. The van der Waals surface area contributed by atoms with Gasteiger partial charge in [0, 0.05) is 44.3 Å². The van der Waals surface area contributed by atoms with Gasteiger partial charge in [0.15, 0.2) is 0 Å². The van der Waals surface area contributed by atoms with Crippen molar-refractivity contribution in [3.8, 4) is 27.9 Å². The molecule has 0 atom stereocenters. The number of rotatable bonds is 7. The van der Waals surface area contributed by atoms with Gasteiger partial charge in [-0.25, -0.2) is 0 Å². The van der Waals surface area contributed by atoms with E-state index in [-0.39, 0.29) is 0 Å². The lowest BCUT2D eigenvalue weighted by Gasteiger charge is -2.35. The Labute approximate surface area is 371 Å². The minimum absolute atomic E-state index is 0.514. The van der Waals surface area contributed by atoms with Gasteiger partial charge in [-0.05, 0) is 117 Å². The summed E-state index contributed by atoms with van der Waals surface area (Å²) in [6.07, 6.45) is 0. The zero-order valence-electron chi connectivity index (χ0n) is 34.9. The molecule has 0 bridgehead atoms. The van der Waals surface area contributed by atoms with Gasteiger partial charge in [0.1, 0.15) is 11.2 Å². The lowest BCUT2D eigenvalue weighted by molar-refractivity contribution is 0.669. The van der Waals surface area contributed by atoms with Gasteiger partial charge < -0.3 is 13.9 Å². The highest BCUT2D eigenvalue weighted by Gasteiger charge is 2.46. The van der Waals surface area contributed by atoms with Gasteiger partial charge in [-0.3, -0.25) is 0 Å². The normalized spacial score (nSPS) is 12.8. The molecule has 0 spiro atoms. The lowest BCUT2D eigenvalue weighted by atomic mass is 9.67. The molecule has 3 heteroatoms. The molecule has 0 saturated heterocycles. The van der Waals surface area contributed by atoms with E-state index in [0.29, 0.717) is 0 Å². The van der Waals surface area contributed by atoms with Gasteiger partial charge >= 0.3 is 0 Å². The number of nitrogens with zero attached hydrogens (tertiary/aromatic N) is 2. The third kappa shape index (κ3) is 5.41. The van der Waals surface area contributed by atoms with Crippen molar-refractivity contribution < 1.29 is 4.42 Å². The van der Waals surface area contributed by atoms with Crippen LogP contribution in [0.15, 0.2) is 247 Å². The lowest BCUT2D eigenvalue weighted by Crippen LogP contribution is -2.28. The summed E-state index contributed by atoms with van der Waals surface area (Å²) in [4.78, 5) is 2.41. The van der Waals surface area contributed by atoms with Crippen LogP contribution in [0.25, 0.3) is 71.7 Å². The van der Waals surface area contributed by atoms with Crippen LogP contribution in [-0.4, -0.2) is 4.57 Å². The Morgan fingerprint density at radius 3 is 1.64 bits per heavy atom. The van der Waals surface area contributed by atoms with Crippen LogP contribution in [0.2, 0.25) is 0 Å². The van der Waals surface area contributed by atoms with E-state index in [0.717, 1.165) is 55.7 Å². The van der Waals surface area contributed by atoms with E-state index in [1.807, 2.05) is 6.07 Å². The molecule has 2 heterocycles. The second kappa shape index (κ2) is 14.3. The molecular formula is C61H40N2O. The third-order valence-electron chi connectivity index (χ3n) is 13.5.